The van der Waals surface area contributed by atoms with Gasteiger partial charge in [0.1, 0.15) is 16.5 Å². The van der Waals surface area contributed by atoms with Crippen molar-refractivity contribution in [2.45, 2.75) is 18.9 Å². The average Bonchev–Trinajstić information content (AvgIpc) is 3.07. The number of ether oxygens (including phenoxy) is 1. The quantitative estimate of drug-likeness (QED) is 0.191. The summed E-state index contributed by atoms with van der Waals surface area (Å²) < 4.78 is 5.77. The van der Waals surface area contributed by atoms with Crippen LogP contribution in [0.2, 0.25) is 5.02 Å². The van der Waals surface area contributed by atoms with Gasteiger partial charge in [0.05, 0.1) is 24.6 Å². The maximum atomic E-state index is 11.4. The van der Waals surface area contributed by atoms with E-state index in [9.17, 15) is 9.90 Å². The second-order valence-corrected chi connectivity index (χ2v) is 11.9. The molecule has 2 aliphatic rings. The molecule has 10 nitrogen and oxygen atoms in total. The topological polar surface area (TPSA) is 106 Å². The molecule has 0 aliphatic carbocycles. The first kappa shape index (κ1) is 30.6. The first-order chi connectivity index (χ1) is 21.9. The third-order valence-electron chi connectivity index (χ3n) is 8.72. The SMILES string of the molecule is COc1cc(N2CCC(N3CCN(C)CC3)CC2)ccc1Nc1ncc(Cl)c(Nc2ccccc2-c2cccc(C=O)c2O)n1. The van der Waals surface area contributed by atoms with Crippen molar-refractivity contribution in [3.05, 3.63) is 77.4 Å². The van der Waals surface area contributed by atoms with Crippen LogP contribution in [0.5, 0.6) is 11.5 Å². The van der Waals surface area contributed by atoms with Crippen LogP contribution in [0.25, 0.3) is 11.1 Å². The van der Waals surface area contributed by atoms with Crippen molar-refractivity contribution >= 4 is 46.7 Å². The van der Waals surface area contributed by atoms with E-state index in [0.29, 0.717) is 51.7 Å². The molecule has 0 amide bonds. The highest BCUT2D eigenvalue weighted by molar-refractivity contribution is 6.33. The van der Waals surface area contributed by atoms with Crippen molar-refractivity contribution in [3.63, 3.8) is 0 Å². The molecule has 6 rings (SSSR count). The lowest BCUT2D eigenvalue weighted by atomic mass is 10.00. The molecule has 234 valence electrons. The lowest BCUT2D eigenvalue weighted by Gasteiger charge is -2.42. The number of nitrogens with zero attached hydrogens (tertiary/aromatic N) is 5. The first-order valence-corrected chi connectivity index (χ1v) is 15.6. The molecule has 3 aromatic carbocycles. The van der Waals surface area contributed by atoms with Gasteiger partial charge in [0, 0.05) is 73.9 Å². The van der Waals surface area contributed by atoms with Crippen LogP contribution in [-0.2, 0) is 0 Å². The van der Waals surface area contributed by atoms with E-state index in [4.69, 9.17) is 16.3 Å². The summed E-state index contributed by atoms with van der Waals surface area (Å²) in [6.45, 7) is 6.64. The van der Waals surface area contributed by atoms with Gasteiger partial charge in [-0.25, -0.2) is 4.98 Å². The highest BCUT2D eigenvalue weighted by Crippen LogP contribution is 2.38. The monoisotopic (exact) mass is 627 g/mol. The van der Waals surface area contributed by atoms with Crippen LogP contribution in [0.4, 0.5) is 28.8 Å². The summed E-state index contributed by atoms with van der Waals surface area (Å²) in [5.41, 5.74) is 3.93. The van der Waals surface area contributed by atoms with Gasteiger partial charge < -0.3 is 30.3 Å². The molecular formula is C34H38ClN7O3. The summed E-state index contributed by atoms with van der Waals surface area (Å²) in [6.07, 6.45) is 4.47. The van der Waals surface area contributed by atoms with Crippen LogP contribution in [0.3, 0.4) is 0 Å². The molecule has 4 aromatic rings. The molecule has 0 radical (unpaired) electrons. The number of para-hydroxylation sites is 2. The van der Waals surface area contributed by atoms with Crippen molar-refractivity contribution in [1.29, 1.82) is 0 Å². The Morgan fingerprint density at radius 2 is 1.69 bits per heavy atom. The number of hydrogen-bond acceptors (Lipinski definition) is 10. The number of phenolic OH excluding ortho intramolecular Hbond substituents is 1. The predicted octanol–water partition coefficient (Wildman–Crippen LogP) is 6.03. The van der Waals surface area contributed by atoms with Crippen molar-refractivity contribution in [1.82, 2.24) is 19.8 Å². The standard InChI is InChI=1S/C34H38ClN7O3/c1-40-16-18-42(19-17-40)24-12-14-41(15-13-24)25-10-11-30(31(20-25)45-2)38-34-36-21-28(35)33(39-34)37-29-9-4-3-7-26(29)27-8-5-6-23(22-43)32(27)44/h3-11,20-22,24,44H,12-19H2,1-2H3,(H2,36,37,38,39). The minimum absolute atomic E-state index is 0.0900. The molecule has 1 aromatic heterocycles. The third-order valence-corrected chi connectivity index (χ3v) is 9.00. The molecule has 2 fully saturated rings. The van der Waals surface area contributed by atoms with Gasteiger partial charge in [0.15, 0.2) is 12.1 Å². The van der Waals surface area contributed by atoms with Crippen molar-refractivity contribution in [2.75, 3.05) is 69.0 Å². The number of aromatic nitrogens is 2. The number of rotatable bonds is 9. The number of aromatic hydroxyl groups is 1. The van der Waals surface area contributed by atoms with E-state index in [2.05, 4.69) is 54.5 Å². The summed E-state index contributed by atoms with van der Waals surface area (Å²) in [7, 11) is 3.86. The Bertz CT molecular complexity index is 1650. The summed E-state index contributed by atoms with van der Waals surface area (Å²) >= 11 is 6.51. The number of carbonyl (C=O) groups excluding carboxylic acids is 1. The van der Waals surface area contributed by atoms with Gasteiger partial charge >= 0.3 is 0 Å². The molecule has 2 aliphatic heterocycles. The van der Waals surface area contributed by atoms with Gasteiger partial charge in [-0.1, -0.05) is 41.9 Å². The van der Waals surface area contributed by atoms with E-state index in [1.165, 1.54) is 6.20 Å². The average molecular weight is 628 g/mol. The number of halogens is 1. The van der Waals surface area contributed by atoms with E-state index >= 15 is 0 Å². The minimum atomic E-state index is -0.0900. The zero-order valence-corrected chi connectivity index (χ0v) is 26.3. The molecule has 2 saturated heterocycles. The number of hydrogen-bond donors (Lipinski definition) is 3. The Morgan fingerprint density at radius 1 is 0.933 bits per heavy atom. The van der Waals surface area contributed by atoms with Crippen LogP contribution < -0.4 is 20.3 Å². The van der Waals surface area contributed by atoms with Gasteiger partial charge in [0.2, 0.25) is 5.95 Å². The molecule has 0 bridgehead atoms. The van der Waals surface area contributed by atoms with Gasteiger partial charge in [0.25, 0.3) is 0 Å². The number of methoxy groups -OCH3 is 1. The molecule has 11 heteroatoms. The van der Waals surface area contributed by atoms with E-state index < -0.39 is 0 Å². The molecular weight excluding hydrogens is 590 g/mol. The minimum Gasteiger partial charge on any atom is -0.507 e. The fraction of sp³-hybridized carbons (Fsp3) is 0.324. The van der Waals surface area contributed by atoms with Crippen LogP contribution >= 0.6 is 11.6 Å². The van der Waals surface area contributed by atoms with Gasteiger partial charge in [-0.3, -0.25) is 9.69 Å². The molecule has 3 heterocycles. The zero-order chi connectivity index (χ0) is 31.3. The Hall–Kier alpha value is -4.38. The molecule has 3 N–H and O–H groups in total. The zero-order valence-electron chi connectivity index (χ0n) is 25.5. The van der Waals surface area contributed by atoms with E-state index in [-0.39, 0.29) is 11.3 Å². The number of phenols is 1. The highest BCUT2D eigenvalue weighted by Gasteiger charge is 2.27. The van der Waals surface area contributed by atoms with Crippen LogP contribution in [0.1, 0.15) is 23.2 Å². The lowest BCUT2D eigenvalue weighted by molar-refractivity contribution is 0.0982. The van der Waals surface area contributed by atoms with Gasteiger partial charge in [-0.2, -0.15) is 4.98 Å². The maximum Gasteiger partial charge on any atom is 0.229 e. The fourth-order valence-corrected chi connectivity index (χ4v) is 6.26. The Kier molecular flexibility index (Phi) is 9.34. The highest BCUT2D eigenvalue weighted by atomic mass is 35.5. The number of anilines is 5. The number of piperidine rings is 1. The van der Waals surface area contributed by atoms with E-state index in [1.54, 1.807) is 25.3 Å². The Labute approximate surface area is 268 Å². The second-order valence-electron chi connectivity index (χ2n) is 11.5. The number of carbonyl (C=O) groups is 1. The Morgan fingerprint density at radius 3 is 2.44 bits per heavy atom. The predicted molar refractivity (Wildman–Crippen MR) is 180 cm³/mol. The van der Waals surface area contributed by atoms with Gasteiger partial charge in [-0.05, 0) is 44.2 Å². The molecule has 0 saturated carbocycles. The lowest BCUT2D eigenvalue weighted by Crippen LogP contribution is -2.52. The maximum absolute atomic E-state index is 11.4. The molecule has 0 atom stereocenters. The van der Waals surface area contributed by atoms with Crippen LogP contribution in [0, 0.1) is 0 Å². The van der Waals surface area contributed by atoms with Crippen molar-refractivity contribution in [2.24, 2.45) is 0 Å². The third kappa shape index (κ3) is 6.83. The van der Waals surface area contributed by atoms with E-state index in [1.807, 2.05) is 30.3 Å². The fourth-order valence-electron chi connectivity index (χ4n) is 6.12. The number of likely N-dealkylation sites (N-methyl/N-ethyl adjacent to an activating group) is 1. The normalized spacial score (nSPS) is 16.4. The summed E-state index contributed by atoms with van der Waals surface area (Å²) in [6, 6.07) is 19.3. The first-order valence-electron chi connectivity index (χ1n) is 15.2. The number of piperazine rings is 1. The molecule has 0 spiro atoms. The summed E-state index contributed by atoms with van der Waals surface area (Å²) in [5.74, 6) is 1.32. The van der Waals surface area contributed by atoms with Crippen LogP contribution in [0.15, 0.2) is 66.9 Å². The smallest absolute Gasteiger partial charge is 0.229 e. The molecule has 0 unspecified atom stereocenters. The van der Waals surface area contributed by atoms with Crippen LogP contribution in [-0.4, -0.2) is 90.6 Å². The Balaban J connectivity index is 1.16. The molecule has 45 heavy (non-hydrogen) atoms. The van der Waals surface area contributed by atoms with Gasteiger partial charge in [-0.15, -0.1) is 0 Å². The number of nitrogens with one attached hydrogen (secondary N) is 2. The summed E-state index contributed by atoms with van der Waals surface area (Å²) in [5, 5.41) is 17.6. The number of benzene rings is 3. The van der Waals surface area contributed by atoms with Crippen molar-refractivity contribution < 1.29 is 14.6 Å². The largest absolute Gasteiger partial charge is 0.507 e. The summed E-state index contributed by atoms with van der Waals surface area (Å²) in [4.78, 5) is 27.9. The van der Waals surface area contributed by atoms with Crippen molar-refractivity contribution in [3.8, 4) is 22.6 Å². The second kappa shape index (κ2) is 13.7. The van der Waals surface area contributed by atoms with E-state index in [0.717, 1.165) is 63.5 Å². The number of aldehydes is 1.